The maximum Gasteiger partial charge on any atom is 0.156 e. The number of carbonyl (C=O) groups excluding carboxylic acids is 1. The van der Waals surface area contributed by atoms with Crippen LogP contribution in [0.15, 0.2) is 12.4 Å². The van der Waals surface area contributed by atoms with Gasteiger partial charge in [-0.05, 0) is 33.3 Å². The average molecular weight is 166 g/mol. The van der Waals surface area contributed by atoms with Crippen LogP contribution >= 0.6 is 0 Å². The summed E-state index contributed by atoms with van der Waals surface area (Å²) in [4.78, 5) is 11.2. The Morgan fingerprint density at radius 3 is 2.50 bits per heavy atom. The molecule has 1 aromatic rings. The Balaban J connectivity index is 3.05. The lowest BCUT2D eigenvalue weighted by atomic mass is 10.0. The largest absolute Gasteiger partial charge is 0.297 e. The summed E-state index contributed by atoms with van der Waals surface area (Å²) in [5.41, 5.74) is 0.554. The van der Waals surface area contributed by atoms with E-state index in [2.05, 4.69) is 5.10 Å². The van der Waals surface area contributed by atoms with Gasteiger partial charge in [0.25, 0.3) is 0 Å². The second-order valence-electron chi connectivity index (χ2n) is 3.58. The van der Waals surface area contributed by atoms with E-state index >= 15 is 0 Å². The molecule has 0 atom stereocenters. The molecule has 1 aromatic heterocycles. The van der Waals surface area contributed by atoms with E-state index in [0.29, 0.717) is 0 Å². The normalized spacial score (nSPS) is 11.7. The maximum atomic E-state index is 11.2. The zero-order chi connectivity index (χ0) is 9.35. The first-order chi connectivity index (χ1) is 5.44. The molecule has 0 radical (unpaired) electrons. The van der Waals surface area contributed by atoms with Gasteiger partial charge in [0.15, 0.2) is 5.78 Å². The van der Waals surface area contributed by atoms with E-state index in [4.69, 9.17) is 0 Å². The Bertz CT molecular complexity index is 299. The predicted octanol–water partition coefficient (Wildman–Crippen LogP) is 1.52. The van der Waals surface area contributed by atoms with Gasteiger partial charge in [-0.1, -0.05) is 0 Å². The van der Waals surface area contributed by atoms with Crippen LogP contribution in [0.2, 0.25) is 0 Å². The van der Waals surface area contributed by atoms with Crippen LogP contribution in [0.1, 0.15) is 26.3 Å². The molecule has 1 rings (SSSR count). The Hall–Kier alpha value is -1.12. The van der Waals surface area contributed by atoms with Crippen molar-refractivity contribution in [1.82, 2.24) is 9.78 Å². The molecular formula is C9H14N2O. The van der Waals surface area contributed by atoms with Crippen LogP contribution in [0, 0.1) is 6.92 Å². The van der Waals surface area contributed by atoms with Gasteiger partial charge in [-0.15, -0.1) is 0 Å². The minimum absolute atomic E-state index is 0.116. The second kappa shape index (κ2) is 2.73. The molecule has 0 aliphatic carbocycles. The van der Waals surface area contributed by atoms with Crippen LogP contribution in [0.25, 0.3) is 0 Å². The van der Waals surface area contributed by atoms with Crippen LogP contribution in [0.5, 0.6) is 0 Å². The zero-order valence-corrected chi connectivity index (χ0v) is 7.96. The van der Waals surface area contributed by atoms with Gasteiger partial charge >= 0.3 is 0 Å². The number of Topliss-reactive ketones (excluding diaryl/α,β-unsaturated/α-hetero) is 1. The van der Waals surface area contributed by atoms with Crippen LogP contribution in [0.3, 0.4) is 0 Å². The van der Waals surface area contributed by atoms with Crippen molar-refractivity contribution in [2.45, 2.75) is 33.2 Å². The highest BCUT2D eigenvalue weighted by atomic mass is 16.1. The molecule has 0 saturated carbocycles. The van der Waals surface area contributed by atoms with Gasteiger partial charge < -0.3 is 0 Å². The number of carbonyl (C=O) groups is 1. The summed E-state index contributed by atoms with van der Waals surface area (Å²) in [7, 11) is 0. The Kier molecular flexibility index (Phi) is 2.04. The lowest BCUT2D eigenvalue weighted by molar-refractivity contribution is -0.124. The first-order valence-corrected chi connectivity index (χ1v) is 3.97. The van der Waals surface area contributed by atoms with Gasteiger partial charge in [0.2, 0.25) is 0 Å². The number of nitrogens with zero attached hydrogens (tertiary/aromatic N) is 2. The van der Waals surface area contributed by atoms with E-state index < -0.39 is 5.54 Å². The van der Waals surface area contributed by atoms with E-state index in [-0.39, 0.29) is 5.78 Å². The number of aromatic nitrogens is 2. The van der Waals surface area contributed by atoms with Crippen molar-refractivity contribution in [3.8, 4) is 0 Å². The molecular weight excluding hydrogens is 152 g/mol. The summed E-state index contributed by atoms with van der Waals surface area (Å²) in [6.07, 6.45) is 3.63. The summed E-state index contributed by atoms with van der Waals surface area (Å²) in [6, 6.07) is 0. The third-order valence-corrected chi connectivity index (χ3v) is 2.15. The molecule has 0 N–H and O–H groups in total. The van der Waals surface area contributed by atoms with E-state index in [0.717, 1.165) is 5.56 Å². The van der Waals surface area contributed by atoms with Gasteiger partial charge in [-0.2, -0.15) is 5.10 Å². The van der Waals surface area contributed by atoms with E-state index in [1.54, 1.807) is 17.8 Å². The SMILES string of the molecule is CC(=O)C(C)(C)n1cc(C)cn1. The molecule has 0 aliphatic rings. The number of hydrogen-bond donors (Lipinski definition) is 0. The molecule has 0 amide bonds. The Morgan fingerprint density at radius 1 is 1.58 bits per heavy atom. The van der Waals surface area contributed by atoms with Crippen molar-refractivity contribution in [1.29, 1.82) is 0 Å². The molecule has 0 spiro atoms. The van der Waals surface area contributed by atoms with Crippen molar-refractivity contribution in [2.24, 2.45) is 0 Å². The Labute approximate surface area is 72.4 Å². The van der Waals surface area contributed by atoms with Gasteiger partial charge in [-0.25, -0.2) is 0 Å². The maximum absolute atomic E-state index is 11.2. The molecule has 0 bridgehead atoms. The van der Waals surface area contributed by atoms with Crippen molar-refractivity contribution < 1.29 is 4.79 Å². The van der Waals surface area contributed by atoms with Crippen LogP contribution in [-0.2, 0) is 10.3 Å². The standard InChI is InChI=1S/C9H14N2O/c1-7-5-10-11(6-7)9(3,4)8(2)12/h5-6H,1-4H3. The fraction of sp³-hybridized carbons (Fsp3) is 0.556. The molecule has 66 valence electrons. The van der Waals surface area contributed by atoms with Gasteiger partial charge in [-0.3, -0.25) is 9.48 Å². The molecule has 0 aromatic carbocycles. The minimum atomic E-state index is -0.520. The molecule has 0 saturated heterocycles. The van der Waals surface area contributed by atoms with E-state index in [9.17, 15) is 4.79 Å². The van der Waals surface area contributed by atoms with Gasteiger partial charge in [0, 0.05) is 6.20 Å². The van der Waals surface area contributed by atoms with Crippen LogP contribution in [-0.4, -0.2) is 15.6 Å². The third kappa shape index (κ3) is 1.40. The fourth-order valence-electron chi connectivity index (χ4n) is 0.880. The van der Waals surface area contributed by atoms with Crippen molar-refractivity contribution in [2.75, 3.05) is 0 Å². The number of hydrogen-bond acceptors (Lipinski definition) is 2. The highest BCUT2D eigenvalue weighted by Crippen LogP contribution is 2.15. The highest BCUT2D eigenvalue weighted by molar-refractivity contribution is 5.83. The summed E-state index contributed by atoms with van der Waals surface area (Å²) in [5, 5.41) is 4.10. The molecule has 0 aliphatic heterocycles. The second-order valence-corrected chi connectivity index (χ2v) is 3.58. The molecule has 1 heterocycles. The lowest BCUT2D eigenvalue weighted by Crippen LogP contribution is -2.34. The molecule has 3 nitrogen and oxygen atoms in total. The highest BCUT2D eigenvalue weighted by Gasteiger charge is 2.26. The topological polar surface area (TPSA) is 34.9 Å². The predicted molar refractivity (Wildman–Crippen MR) is 47.0 cm³/mol. The van der Waals surface area contributed by atoms with Crippen LogP contribution in [0.4, 0.5) is 0 Å². The molecule has 12 heavy (non-hydrogen) atoms. The monoisotopic (exact) mass is 166 g/mol. The zero-order valence-electron chi connectivity index (χ0n) is 7.96. The first kappa shape index (κ1) is 8.97. The molecule has 0 unspecified atom stereocenters. The number of ketones is 1. The average Bonchev–Trinajstić information content (AvgIpc) is 2.35. The summed E-state index contributed by atoms with van der Waals surface area (Å²) in [6.45, 7) is 7.26. The van der Waals surface area contributed by atoms with Crippen molar-refractivity contribution >= 4 is 5.78 Å². The summed E-state index contributed by atoms with van der Waals surface area (Å²) < 4.78 is 1.70. The van der Waals surface area contributed by atoms with Crippen molar-refractivity contribution in [3.63, 3.8) is 0 Å². The van der Waals surface area contributed by atoms with Gasteiger partial charge in [0.1, 0.15) is 5.54 Å². The van der Waals surface area contributed by atoms with E-state index in [1.807, 2.05) is 27.0 Å². The first-order valence-electron chi connectivity index (χ1n) is 3.97. The van der Waals surface area contributed by atoms with Gasteiger partial charge in [0.05, 0.1) is 6.20 Å². The number of aryl methyl sites for hydroxylation is 1. The van der Waals surface area contributed by atoms with Crippen molar-refractivity contribution in [3.05, 3.63) is 18.0 Å². The summed E-state index contributed by atoms with van der Waals surface area (Å²) in [5.74, 6) is 0.116. The molecule has 0 fully saturated rings. The number of rotatable bonds is 2. The molecule has 3 heteroatoms. The minimum Gasteiger partial charge on any atom is -0.297 e. The Morgan fingerprint density at radius 2 is 2.17 bits per heavy atom. The van der Waals surface area contributed by atoms with E-state index in [1.165, 1.54) is 0 Å². The lowest BCUT2D eigenvalue weighted by Gasteiger charge is -2.21. The van der Waals surface area contributed by atoms with Crippen LogP contribution < -0.4 is 0 Å². The summed E-state index contributed by atoms with van der Waals surface area (Å²) >= 11 is 0. The fourth-order valence-corrected chi connectivity index (χ4v) is 0.880. The quantitative estimate of drug-likeness (QED) is 0.667. The third-order valence-electron chi connectivity index (χ3n) is 2.15. The smallest absolute Gasteiger partial charge is 0.156 e.